The zero-order valence-electron chi connectivity index (χ0n) is 26.8. The van der Waals surface area contributed by atoms with E-state index in [9.17, 15) is 24.9 Å². The Balaban J connectivity index is 1.17. The second kappa shape index (κ2) is 13.8. The normalized spacial score (nSPS) is 11.7. The quantitative estimate of drug-likeness (QED) is 0.107. The molecule has 3 heterocycles. The molecule has 0 aliphatic heterocycles. The lowest BCUT2D eigenvalue weighted by molar-refractivity contribution is 0.0874. The first kappa shape index (κ1) is 33.7. The number of phenols is 1. The highest BCUT2D eigenvalue weighted by Gasteiger charge is 2.23. The molecule has 6 N–H and O–H groups in total. The van der Waals surface area contributed by atoms with Gasteiger partial charge in [0.15, 0.2) is 4.96 Å². The largest absolute Gasteiger partial charge is 0.506 e. The van der Waals surface area contributed by atoms with Crippen LogP contribution in [0.25, 0.3) is 20.9 Å². The van der Waals surface area contributed by atoms with E-state index in [1.807, 2.05) is 51.1 Å². The number of amides is 3. The van der Waals surface area contributed by atoms with E-state index in [-0.39, 0.29) is 28.4 Å². The number of hydrogen-bond acceptors (Lipinski definition) is 9. The molecule has 3 aromatic heterocycles. The number of thiazole rings is 1. The number of imidazole rings is 1. The number of fused-ring (bicyclic) bond motifs is 3. The molecule has 0 radical (unpaired) electrons. The molecule has 0 spiro atoms. The Morgan fingerprint density at radius 1 is 1.04 bits per heavy atom. The van der Waals surface area contributed by atoms with E-state index in [2.05, 4.69) is 26.0 Å². The Hall–Kier alpha value is -5.15. The summed E-state index contributed by atoms with van der Waals surface area (Å²) in [5.74, 6) is 0.993. The maximum atomic E-state index is 13.2. The van der Waals surface area contributed by atoms with Gasteiger partial charge in [-0.05, 0) is 36.4 Å². The van der Waals surface area contributed by atoms with Gasteiger partial charge in [-0.15, -0.1) is 0 Å². The van der Waals surface area contributed by atoms with E-state index < -0.39 is 31.2 Å². The number of para-hydroxylation sites is 1. The summed E-state index contributed by atoms with van der Waals surface area (Å²) >= 11 is 7.54. The third-order valence-electron chi connectivity index (χ3n) is 7.65. The number of anilines is 1. The first-order valence-corrected chi connectivity index (χ1v) is 16.5. The number of nitrogens with zero attached hydrogens (tertiary/aromatic N) is 4. The third kappa shape index (κ3) is 7.17. The molecule has 13 nitrogen and oxygen atoms in total. The molecule has 0 aliphatic rings. The van der Waals surface area contributed by atoms with Crippen molar-refractivity contribution >= 4 is 55.9 Å². The monoisotopic (exact) mass is 703 g/mol. The summed E-state index contributed by atoms with van der Waals surface area (Å²) < 4.78 is 10.4. The summed E-state index contributed by atoms with van der Waals surface area (Å²) in [6.07, 6.45) is 1.45. The average molecular weight is 704 g/mol. The van der Waals surface area contributed by atoms with Crippen molar-refractivity contribution in [2.75, 3.05) is 18.5 Å². The number of nitrogens with one attached hydrogen (secondary N) is 3. The minimum atomic E-state index is -0.779. The van der Waals surface area contributed by atoms with E-state index in [4.69, 9.17) is 16.3 Å². The first-order chi connectivity index (χ1) is 23.4. The van der Waals surface area contributed by atoms with Crippen LogP contribution in [0.3, 0.4) is 0 Å². The van der Waals surface area contributed by atoms with Crippen LogP contribution in [0.5, 0.6) is 17.2 Å². The Bertz CT molecular complexity index is 2170. The van der Waals surface area contributed by atoms with Gasteiger partial charge in [-0.3, -0.25) is 14.5 Å². The minimum Gasteiger partial charge on any atom is -0.506 e. The van der Waals surface area contributed by atoms with Crippen molar-refractivity contribution in [2.45, 2.75) is 38.8 Å². The number of halogens is 1. The molecular weight excluding hydrogens is 670 g/mol. The molecule has 49 heavy (non-hydrogen) atoms. The fraction of sp³-hybridized carbons (Fsp3) is 0.235. The van der Waals surface area contributed by atoms with Crippen LogP contribution in [-0.2, 0) is 12.0 Å². The van der Waals surface area contributed by atoms with E-state index in [0.717, 1.165) is 21.5 Å². The van der Waals surface area contributed by atoms with Crippen LogP contribution in [0.15, 0.2) is 72.9 Å². The molecule has 0 aliphatic carbocycles. The van der Waals surface area contributed by atoms with E-state index >= 15 is 0 Å². The Labute approximate surface area is 289 Å². The number of aliphatic hydroxyl groups is 2. The molecule has 3 aromatic carbocycles. The summed E-state index contributed by atoms with van der Waals surface area (Å²) in [7, 11) is 0. The number of ether oxygens (including phenoxy) is 1. The fourth-order valence-electron chi connectivity index (χ4n) is 5.00. The van der Waals surface area contributed by atoms with Crippen molar-refractivity contribution in [2.24, 2.45) is 0 Å². The number of carbonyl (C=O) groups excluding carboxylic acids is 2. The highest BCUT2D eigenvalue weighted by Crippen LogP contribution is 2.34. The highest BCUT2D eigenvalue weighted by molar-refractivity contribution is 7.23. The first-order valence-electron chi connectivity index (χ1n) is 15.3. The summed E-state index contributed by atoms with van der Waals surface area (Å²) in [5.41, 5.74) is 2.77. The predicted octanol–water partition coefficient (Wildman–Crippen LogP) is 5.59. The third-order valence-corrected chi connectivity index (χ3v) is 8.97. The van der Waals surface area contributed by atoms with Gasteiger partial charge < -0.3 is 30.7 Å². The summed E-state index contributed by atoms with van der Waals surface area (Å²) in [4.78, 5) is 31.0. The lowest BCUT2D eigenvalue weighted by atomic mass is 9.92. The van der Waals surface area contributed by atoms with Gasteiger partial charge in [0.2, 0.25) is 0 Å². The number of phenolic OH excluding ortho intramolecular Hbond substituents is 1. The molecule has 254 valence electrons. The standard InChI is InChI=1S/C34H34ClN7O6S/c1-34(2,3)29-14-30(42(40-29)21-8-11-26(45)23(35)12-21)39-32(47)36-15-19-6-4-5-7-27(19)48-22-9-10-24-28(13-22)49-33-37-16-25(41(24)33)31(46)38-20(17-43)18-44/h4-14,16,20,43-45H,15,17-18H2,1-3H3,(H,38,46)(H2,36,39,47). The van der Waals surface area contributed by atoms with Gasteiger partial charge in [-0.25, -0.2) is 14.5 Å². The van der Waals surface area contributed by atoms with Crippen LogP contribution in [-0.4, -0.2) is 65.7 Å². The zero-order chi connectivity index (χ0) is 34.9. The Kier molecular flexibility index (Phi) is 9.48. The molecule has 15 heteroatoms. The number of hydrogen-bond donors (Lipinski definition) is 6. The number of carbonyl (C=O) groups is 2. The Morgan fingerprint density at radius 2 is 1.82 bits per heavy atom. The second-order valence-corrected chi connectivity index (χ2v) is 13.7. The second-order valence-electron chi connectivity index (χ2n) is 12.3. The number of aromatic nitrogens is 4. The molecule has 0 bridgehead atoms. The predicted molar refractivity (Wildman–Crippen MR) is 187 cm³/mol. The molecular formula is C34H34ClN7O6S. The topological polar surface area (TPSA) is 175 Å². The number of aromatic hydroxyl groups is 1. The summed E-state index contributed by atoms with van der Waals surface area (Å²) in [5, 5.41) is 41.8. The molecule has 0 fully saturated rings. The molecule has 0 unspecified atom stereocenters. The van der Waals surface area contributed by atoms with Gasteiger partial charge in [-0.2, -0.15) is 5.10 Å². The maximum Gasteiger partial charge on any atom is 0.320 e. The van der Waals surface area contributed by atoms with Crippen LogP contribution in [0.4, 0.5) is 10.6 Å². The van der Waals surface area contributed by atoms with Crippen molar-refractivity contribution in [1.29, 1.82) is 0 Å². The number of benzene rings is 3. The SMILES string of the molecule is CC(C)(C)c1cc(NC(=O)NCc2ccccc2Oc2ccc3c(c2)sc2ncc(C(=O)NC(CO)CO)n23)n(-c2ccc(O)c(Cl)c2)n1. The van der Waals surface area contributed by atoms with Crippen molar-refractivity contribution in [1.82, 2.24) is 29.8 Å². The minimum absolute atomic E-state index is 0.0571. The maximum absolute atomic E-state index is 13.2. The van der Waals surface area contributed by atoms with E-state index in [1.54, 1.807) is 39.4 Å². The van der Waals surface area contributed by atoms with Gasteiger partial charge in [0.25, 0.3) is 5.91 Å². The number of urea groups is 1. The summed E-state index contributed by atoms with van der Waals surface area (Å²) in [6, 6.07) is 18.0. The van der Waals surface area contributed by atoms with Gasteiger partial charge in [0.1, 0.15) is 28.8 Å². The fourth-order valence-corrected chi connectivity index (χ4v) is 6.21. The van der Waals surface area contributed by atoms with Crippen molar-refractivity contribution < 1.29 is 29.6 Å². The van der Waals surface area contributed by atoms with Gasteiger partial charge >= 0.3 is 6.03 Å². The van der Waals surface area contributed by atoms with Crippen LogP contribution >= 0.6 is 22.9 Å². The van der Waals surface area contributed by atoms with Gasteiger partial charge in [0, 0.05) is 29.7 Å². The van der Waals surface area contributed by atoms with Gasteiger partial charge in [0.05, 0.1) is 52.1 Å². The molecule has 3 amide bonds. The average Bonchev–Trinajstić information content (AvgIpc) is 3.78. The number of rotatable bonds is 10. The number of aliphatic hydroxyl groups excluding tert-OH is 2. The Morgan fingerprint density at radius 3 is 2.55 bits per heavy atom. The molecule has 6 rings (SSSR count). The highest BCUT2D eigenvalue weighted by atomic mass is 35.5. The van der Waals surface area contributed by atoms with E-state index in [1.165, 1.54) is 23.6 Å². The molecule has 6 aromatic rings. The summed E-state index contributed by atoms with van der Waals surface area (Å²) in [6.45, 7) is 5.42. The molecule has 0 saturated carbocycles. The molecule has 0 atom stereocenters. The van der Waals surface area contributed by atoms with Gasteiger partial charge in [-0.1, -0.05) is 61.9 Å². The van der Waals surface area contributed by atoms with Crippen LogP contribution < -0.4 is 20.7 Å². The molecule has 0 saturated heterocycles. The van der Waals surface area contributed by atoms with E-state index in [0.29, 0.717) is 28.0 Å². The van der Waals surface area contributed by atoms with Crippen LogP contribution in [0.2, 0.25) is 5.02 Å². The van der Waals surface area contributed by atoms with Crippen molar-refractivity contribution in [3.05, 3.63) is 94.9 Å². The van der Waals surface area contributed by atoms with Crippen molar-refractivity contribution in [3.8, 4) is 22.9 Å². The smallest absolute Gasteiger partial charge is 0.320 e. The van der Waals surface area contributed by atoms with Crippen LogP contribution in [0.1, 0.15) is 42.5 Å². The van der Waals surface area contributed by atoms with Crippen molar-refractivity contribution in [3.63, 3.8) is 0 Å². The lowest BCUT2D eigenvalue weighted by Crippen LogP contribution is -2.40. The van der Waals surface area contributed by atoms with Crippen LogP contribution in [0, 0.1) is 0 Å². The zero-order valence-corrected chi connectivity index (χ0v) is 28.3. The lowest BCUT2D eigenvalue weighted by Gasteiger charge is -2.14.